The smallest absolute Gasteiger partial charge is 0.257 e. The maximum atomic E-state index is 13.9. The minimum Gasteiger partial charge on any atom is -0.342 e. The first-order valence-electron chi connectivity index (χ1n) is 11.3. The zero-order valence-corrected chi connectivity index (χ0v) is 18.3. The summed E-state index contributed by atoms with van der Waals surface area (Å²) in [6.07, 6.45) is 6.48. The molecule has 2 amide bonds. The van der Waals surface area contributed by atoms with Gasteiger partial charge in [-0.15, -0.1) is 0 Å². The van der Waals surface area contributed by atoms with Crippen molar-refractivity contribution in [3.8, 4) is 0 Å². The van der Waals surface area contributed by atoms with E-state index in [4.69, 9.17) is 0 Å². The summed E-state index contributed by atoms with van der Waals surface area (Å²) in [5.74, 6) is -0.177. The van der Waals surface area contributed by atoms with Crippen molar-refractivity contribution in [2.45, 2.75) is 70.4 Å². The molecule has 0 bridgehead atoms. The lowest BCUT2D eigenvalue weighted by Gasteiger charge is -2.39. The number of rotatable bonds is 4. The van der Waals surface area contributed by atoms with E-state index in [2.05, 4.69) is 24.0 Å². The summed E-state index contributed by atoms with van der Waals surface area (Å²) in [5.41, 5.74) is 1.98. The molecule has 1 N–H and O–H groups in total. The van der Waals surface area contributed by atoms with E-state index in [1.165, 1.54) is 6.07 Å². The molecule has 2 aliphatic rings. The van der Waals surface area contributed by atoms with Gasteiger partial charge in [0.1, 0.15) is 5.82 Å². The molecule has 31 heavy (non-hydrogen) atoms. The first-order valence-corrected chi connectivity index (χ1v) is 11.3. The number of nitrogens with one attached hydrogen (secondary N) is 1. The third-order valence-electron chi connectivity index (χ3n) is 6.88. The van der Waals surface area contributed by atoms with E-state index in [0.29, 0.717) is 24.2 Å². The van der Waals surface area contributed by atoms with Gasteiger partial charge in [-0.3, -0.25) is 14.7 Å². The monoisotopic (exact) mass is 426 g/mol. The van der Waals surface area contributed by atoms with Crippen molar-refractivity contribution >= 4 is 11.8 Å². The van der Waals surface area contributed by atoms with Crippen LogP contribution in [-0.2, 0) is 11.2 Å². The van der Waals surface area contributed by atoms with E-state index in [-0.39, 0.29) is 42.1 Å². The van der Waals surface area contributed by atoms with Crippen molar-refractivity contribution in [3.05, 3.63) is 53.1 Å². The van der Waals surface area contributed by atoms with Crippen LogP contribution < -0.4 is 0 Å². The fourth-order valence-electron chi connectivity index (χ4n) is 5.07. The number of nitrogens with zero attached hydrogens (tertiary/aromatic N) is 3. The number of carbonyl (C=O) groups is 2. The van der Waals surface area contributed by atoms with Crippen LogP contribution >= 0.6 is 0 Å². The van der Waals surface area contributed by atoms with Crippen molar-refractivity contribution in [1.29, 1.82) is 0 Å². The predicted molar refractivity (Wildman–Crippen MR) is 116 cm³/mol. The van der Waals surface area contributed by atoms with Crippen molar-refractivity contribution in [1.82, 2.24) is 20.0 Å². The second-order valence-electron chi connectivity index (χ2n) is 8.96. The molecule has 0 radical (unpaired) electrons. The summed E-state index contributed by atoms with van der Waals surface area (Å²) in [6.45, 7) is 5.43. The quantitative estimate of drug-likeness (QED) is 0.806. The Labute approximate surface area is 182 Å². The van der Waals surface area contributed by atoms with Crippen LogP contribution in [0.15, 0.2) is 30.5 Å². The number of H-pyrrole nitrogens is 1. The van der Waals surface area contributed by atoms with Crippen LogP contribution in [0.4, 0.5) is 4.39 Å². The summed E-state index contributed by atoms with van der Waals surface area (Å²) >= 11 is 0. The van der Waals surface area contributed by atoms with Crippen LogP contribution in [0.1, 0.15) is 73.5 Å². The largest absolute Gasteiger partial charge is 0.342 e. The van der Waals surface area contributed by atoms with Gasteiger partial charge >= 0.3 is 0 Å². The minimum atomic E-state index is -0.340. The molecular formula is C24H31FN4O2. The number of hydrogen-bond donors (Lipinski definition) is 1. The zero-order valence-electron chi connectivity index (χ0n) is 18.3. The van der Waals surface area contributed by atoms with Gasteiger partial charge in [0.25, 0.3) is 5.91 Å². The Morgan fingerprint density at radius 2 is 1.77 bits per heavy atom. The number of piperidine rings is 2. The number of halogens is 1. The summed E-state index contributed by atoms with van der Waals surface area (Å²) in [6, 6.07) is 6.89. The zero-order chi connectivity index (χ0) is 22.0. The Balaban J connectivity index is 1.40. The van der Waals surface area contributed by atoms with E-state index in [1.807, 2.05) is 4.90 Å². The highest BCUT2D eigenvalue weighted by atomic mass is 19.1. The number of carbonyl (C=O) groups excluding carboxylic acids is 2. The molecule has 2 saturated heterocycles. The van der Waals surface area contributed by atoms with Crippen molar-refractivity contribution in [2.75, 3.05) is 13.1 Å². The number of benzene rings is 1. The van der Waals surface area contributed by atoms with Crippen LogP contribution in [0.3, 0.4) is 0 Å². The SMILES string of the molecule is C[C@@H]1CCC[C@H](C)N1C(=O)c1cn[nH]c1C1CCN(C(=O)Cc2ccccc2F)CC1. The van der Waals surface area contributed by atoms with Crippen LogP contribution in [0.2, 0.25) is 0 Å². The van der Waals surface area contributed by atoms with Crippen molar-refractivity contribution < 1.29 is 14.0 Å². The first-order chi connectivity index (χ1) is 15.0. The van der Waals surface area contributed by atoms with Crippen LogP contribution in [0, 0.1) is 5.82 Å². The Morgan fingerprint density at radius 1 is 1.10 bits per heavy atom. The normalized spacial score (nSPS) is 22.5. The van der Waals surface area contributed by atoms with Gasteiger partial charge in [-0.25, -0.2) is 4.39 Å². The summed E-state index contributed by atoms with van der Waals surface area (Å²) in [5, 5.41) is 7.25. The number of likely N-dealkylation sites (tertiary alicyclic amines) is 2. The first kappa shape index (κ1) is 21.5. The predicted octanol–water partition coefficient (Wildman–Crippen LogP) is 3.90. The highest BCUT2D eigenvalue weighted by molar-refractivity contribution is 5.95. The van der Waals surface area contributed by atoms with E-state index in [1.54, 1.807) is 29.3 Å². The molecule has 6 nitrogen and oxygen atoms in total. The van der Waals surface area contributed by atoms with Gasteiger partial charge in [-0.1, -0.05) is 18.2 Å². The Kier molecular flexibility index (Phi) is 6.39. The Hall–Kier alpha value is -2.70. The lowest BCUT2D eigenvalue weighted by Crippen LogP contribution is -2.47. The van der Waals surface area contributed by atoms with E-state index >= 15 is 0 Å². The molecule has 2 fully saturated rings. The molecule has 0 unspecified atom stereocenters. The summed E-state index contributed by atoms with van der Waals surface area (Å²) < 4.78 is 13.9. The Bertz CT molecular complexity index is 925. The maximum absolute atomic E-state index is 13.9. The number of aromatic nitrogens is 2. The molecule has 2 aromatic rings. The number of aromatic amines is 1. The van der Waals surface area contributed by atoms with Gasteiger partial charge in [-0.05, 0) is 57.6 Å². The topological polar surface area (TPSA) is 69.3 Å². The second kappa shape index (κ2) is 9.20. The Morgan fingerprint density at radius 3 is 2.45 bits per heavy atom. The maximum Gasteiger partial charge on any atom is 0.257 e. The molecular weight excluding hydrogens is 395 g/mol. The average Bonchev–Trinajstić information content (AvgIpc) is 3.25. The van der Waals surface area contributed by atoms with E-state index in [9.17, 15) is 14.0 Å². The molecule has 4 rings (SSSR count). The third-order valence-corrected chi connectivity index (χ3v) is 6.88. The van der Waals surface area contributed by atoms with Gasteiger partial charge in [0.15, 0.2) is 0 Å². The van der Waals surface area contributed by atoms with Crippen LogP contribution in [-0.4, -0.2) is 57.0 Å². The number of amides is 2. The van der Waals surface area contributed by atoms with Crippen molar-refractivity contribution in [2.24, 2.45) is 0 Å². The fraction of sp³-hybridized carbons (Fsp3) is 0.542. The molecule has 7 heteroatoms. The molecule has 166 valence electrons. The van der Waals surface area contributed by atoms with Crippen molar-refractivity contribution in [3.63, 3.8) is 0 Å². The van der Waals surface area contributed by atoms with Crippen LogP contribution in [0.25, 0.3) is 0 Å². The van der Waals surface area contributed by atoms with E-state index in [0.717, 1.165) is 37.8 Å². The average molecular weight is 427 g/mol. The minimum absolute atomic E-state index is 0.0552. The molecule has 2 aliphatic heterocycles. The molecule has 0 spiro atoms. The van der Waals surface area contributed by atoms with Gasteiger partial charge in [0, 0.05) is 31.1 Å². The van der Waals surface area contributed by atoms with Gasteiger partial charge in [0.2, 0.25) is 5.91 Å². The molecule has 0 aliphatic carbocycles. The molecule has 1 aromatic heterocycles. The fourth-order valence-corrected chi connectivity index (χ4v) is 5.07. The van der Waals surface area contributed by atoms with E-state index < -0.39 is 0 Å². The van der Waals surface area contributed by atoms with Crippen LogP contribution in [0.5, 0.6) is 0 Å². The highest BCUT2D eigenvalue weighted by Crippen LogP contribution is 2.32. The second-order valence-corrected chi connectivity index (χ2v) is 8.96. The lowest BCUT2D eigenvalue weighted by atomic mass is 9.90. The third kappa shape index (κ3) is 4.50. The number of hydrogen-bond acceptors (Lipinski definition) is 3. The molecule has 2 atom stereocenters. The molecule has 3 heterocycles. The van der Waals surface area contributed by atoms with Gasteiger partial charge in [-0.2, -0.15) is 5.10 Å². The van der Waals surface area contributed by atoms with Gasteiger partial charge in [0.05, 0.1) is 23.9 Å². The summed E-state index contributed by atoms with van der Waals surface area (Å²) in [7, 11) is 0. The van der Waals surface area contributed by atoms with Gasteiger partial charge < -0.3 is 9.80 Å². The highest BCUT2D eigenvalue weighted by Gasteiger charge is 2.34. The molecule has 1 aromatic carbocycles. The standard InChI is InChI=1S/C24H31FN4O2/c1-16-6-5-7-17(2)29(16)24(31)20-15-26-27-23(20)18-10-12-28(13-11-18)22(30)14-19-8-3-4-9-21(19)25/h3-4,8-9,15-18H,5-7,10-14H2,1-2H3,(H,26,27)/t16-,17+. The molecule has 0 saturated carbocycles. The summed E-state index contributed by atoms with van der Waals surface area (Å²) in [4.78, 5) is 29.8. The lowest BCUT2D eigenvalue weighted by molar-refractivity contribution is -0.131.